The quantitative estimate of drug-likeness (QED) is 0.352. The second kappa shape index (κ2) is 12.8. The SMILES string of the molecule is C#CC(NC(=O)C1(NC(CC)CC)CCCCC1)C(=O)NCCOC(C)CC. The Kier molecular flexibility index (Phi) is 11.2. The molecule has 1 fully saturated rings. The van der Waals surface area contributed by atoms with Gasteiger partial charge in [-0.25, -0.2) is 0 Å². The van der Waals surface area contributed by atoms with E-state index in [2.05, 4.69) is 35.7 Å². The van der Waals surface area contributed by atoms with Crippen LogP contribution in [0.2, 0.25) is 0 Å². The first-order valence-corrected chi connectivity index (χ1v) is 10.9. The van der Waals surface area contributed by atoms with Gasteiger partial charge in [-0.05, 0) is 39.0 Å². The third-order valence-electron chi connectivity index (χ3n) is 5.69. The van der Waals surface area contributed by atoms with Gasteiger partial charge in [0.15, 0.2) is 6.04 Å². The molecule has 2 unspecified atom stereocenters. The maximum Gasteiger partial charge on any atom is 0.255 e. The summed E-state index contributed by atoms with van der Waals surface area (Å²) in [6, 6.07) is -0.696. The summed E-state index contributed by atoms with van der Waals surface area (Å²) < 4.78 is 5.55. The van der Waals surface area contributed by atoms with E-state index in [0.717, 1.165) is 51.4 Å². The molecule has 1 rings (SSSR count). The van der Waals surface area contributed by atoms with Crippen molar-refractivity contribution < 1.29 is 14.3 Å². The fraction of sp³-hybridized carbons (Fsp3) is 0.818. The predicted octanol–water partition coefficient (Wildman–Crippen LogP) is 2.52. The van der Waals surface area contributed by atoms with E-state index in [4.69, 9.17) is 11.2 Å². The van der Waals surface area contributed by atoms with Crippen LogP contribution in [-0.2, 0) is 14.3 Å². The molecule has 3 N–H and O–H groups in total. The van der Waals surface area contributed by atoms with Crippen molar-refractivity contribution >= 4 is 11.8 Å². The summed E-state index contributed by atoms with van der Waals surface area (Å²) in [4.78, 5) is 25.5. The van der Waals surface area contributed by atoms with E-state index in [0.29, 0.717) is 13.2 Å². The van der Waals surface area contributed by atoms with Crippen LogP contribution in [0.1, 0.15) is 79.1 Å². The Balaban J connectivity index is 2.67. The molecule has 2 atom stereocenters. The van der Waals surface area contributed by atoms with Crippen LogP contribution in [0.5, 0.6) is 0 Å². The van der Waals surface area contributed by atoms with E-state index in [9.17, 15) is 9.59 Å². The van der Waals surface area contributed by atoms with E-state index in [1.54, 1.807) is 0 Å². The molecule has 0 saturated heterocycles. The number of hydrogen-bond donors (Lipinski definition) is 3. The number of rotatable bonds is 12. The van der Waals surface area contributed by atoms with Crippen LogP contribution in [-0.4, -0.2) is 48.7 Å². The number of carbonyl (C=O) groups excluding carboxylic acids is 2. The zero-order valence-electron chi connectivity index (χ0n) is 18.1. The van der Waals surface area contributed by atoms with E-state index in [-0.39, 0.29) is 24.0 Å². The Morgan fingerprint density at radius 2 is 1.75 bits per heavy atom. The number of ether oxygens (including phenoxy) is 1. The fourth-order valence-corrected chi connectivity index (χ4v) is 3.58. The number of amides is 2. The second-order valence-electron chi connectivity index (χ2n) is 7.75. The van der Waals surface area contributed by atoms with Crippen molar-refractivity contribution in [2.45, 2.75) is 103 Å². The highest BCUT2D eigenvalue weighted by Gasteiger charge is 2.41. The van der Waals surface area contributed by atoms with Gasteiger partial charge in [-0.1, -0.05) is 46.0 Å². The van der Waals surface area contributed by atoms with E-state index in [1.165, 1.54) is 0 Å². The van der Waals surface area contributed by atoms with E-state index >= 15 is 0 Å². The van der Waals surface area contributed by atoms with Crippen LogP contribution in [0.25, 0.3) is 0 Å². The van der Waals surface area contributed by atoms with Crippen molar-refractivity contribution in [1.82, 2.24) is 16.0 Å². The van der Waals surface area contributed by atoms with Crippen LogP contribution >= 0.6 is 0 Å². The molecule has 160 valence electrons. The molecule has 0 aliphatic heterocycles. The number of carbonyl (C=O) groups is 2. The number of terminal acetylenes is 1. The minimum atomic E-state index is -0.974. The van der Waals surface area contributed by atoms with Gasteiger partial charge in [-0.2, -0.15) is 0 Å². The molecular formula is C22H39N3O3. The maximum absolute atomic E-state index is 13.1. The van der Waals surface area contributed by atoms with E-state index < -0.39 is 11.6 Å². The highest BCUT2D eigenvalue weighted by Crippen LogP contribution is 2.29. The molecule has 6 heteroatoms. The van der Waals surface area contributed by atoms with Crippen LogP contribution in [0, 0.1) is 12.3 Å². The monoisotopic (exact) mass is 393 g/mol. The smallest absolute Gasteiger partial charge is 0.255 e. The highest BCUT2D eigenvalue weighted by atomic mass is 16.5. The topological polar surface area (TPSA) is 79.5 Å². The summed E-state index contributed by atoms with van der Waals surface area (Å²) in [5, 5.41) is 9.13. The molecule has 0 aromatic rings. The Labute approximate surface area is 170 Å². The highest BCUT2D eigenvalue weighted by molar-refractivity contribution is 5.93. The molecule has 28 heavy (non-hydrogen) atoms. The molecule has 0 bridgehead atoms. The van der Waals surface area contributed by atoms with Crippen molar-refractivity contribution in [2.75, 3.05) is 13.2 Å². The predicted molar refractivity (Wildman–Crippen MR) is 113 cm³/mol. The van der Waals surface area contributed by atoms with Crippen LogP contribution < -0.4 is 16.0 Å². The summed E-state index contributed by atoms with van der Waals surface area (Å²) in [6.45, 7) is 9.07. The number of hydrogen-bond acceptors (Lipinski definition) is 4. The van der Waals surface area contributed by atoms with Crippen molar-refractivity contribution in [3.63, 3.8) is 0 Å². The molecule has 0 spiro atoms. The first kappa shape index (κ1) is 24.5. The lowest BCUT2D eigenvalue weighted by atomic mass is 9.79. The second-order valence-corrected chi connectivity index (χ2v) is 7.75. The van der Waals surface area contributed by atoms with Gasteiger partial charge in [0.1, 0.15) is 0 Å². The lowest BCUT2D eigenvalue weighted by molar-refractivity contribution is -0.133. The molecule has 0 radical (unpaired) electrons. The van der Waals surface area contributed by atoms with Gasteiger partial charge in [0, 0.05) is 12.6 Å². The van der Waals surface area contributed by atoms with Gasteiger partial charge in [-0.3, -0.25) is 9.59 Å². The minimum Gasteiger partial charge on any atom is -0.377 e. The maximum atomic E-state index is 13.1. The lowest BCUT2D eigenvalue weighted by Crippen LogP contribution is -2.63. The molecule has 1 aliphatic rings. The Morgan fingerprint density at radius 3 is 2.29 bits per heavy atom. The molecule has 2 amide bonds. The third-order valence-corrected chi connectivity index (χ3v) is 5.69. The Bertz CT molecular complexity index is 520. The van der Waals surface area contributed by atoms with Gasteiger partial charge in [-0.15, -0.1) is 6.42 Å². The van der Waals surface area contributed by atoms with Crippen LogP contribution in [0.4, 0.5) is 0 Å². The van der Waals surface area contributed by atoms with Gasteiger partial charge in [0.2, 0.25) is 5.91 Å². The van der Waals surface area contributed by atoms with Gasteiger partial charge in [0.05, 0.1) is 18.2 Å². The summed E-state index contributed by atoms with van der Waals surface area (Å²) in [5.74, 6) is 1.90. The van der Waals surface area contributed by atoms with E-state index in [1.807, 2.05) is 13.8 Å². The molecule has 6 nitrogen and oxygen atoms in total. The standard InChI is InChI=1S/C22H39N3O3/c1-6-17(5)28-16-15-23-20(26)19(9-4)24-21(27)22(13-11-10-12-14-22)25-18(7-2)8-3/h4,17-19,25H,6-8,10-16H2,1-3,5H3,(H,23,26)(H,24,27). The molecule has 0 heterocycles. The van der Waals surface area contributed by atoms with Crippen molar-refractivity contribution in [3.8, 4) is 12.3 Å². The summed E-state index contributed by atoms with van der Waals surface area (Å²) in [7, 11) is 0. The van der Waals surface area contributed by atoms with Gasteiger partial charge < -0.3 is 20.7 Å². The van der Waals surface area contributed by atoms with Crippen LogP contribution in [0.3, 0.4) is 0 Å². The summed E-state index contributed by atoms with van der Waals surface area (Å²) in [6.07, 6.45) is 13.2. The minimum absolute atomic E-state index is 0.155. The average molecular weight is 394 g/mol. The fourth-order valence-electron chi connectivity index (χ4n) is 3.58. The molecule has 1 aliphatic carbocycles. The molecule has 0 aromatic carbocycles. The van der Waals surface area contributed by atoms with Crippen molar-refractivity contribution in [1.29, 1.82) is 0 Å². The summed E-state index contributed by atoms with van der Waals surface area (Å²) in [5.41, 5.74) is -0.635. The number of nitrogens with one attached hydrogen (secondary N) is 3. The van der Waals surface area contributed by atoms with Crippen molar-refractivity contribution in [2.24, 2.45) is 0 Å². The first-order valence-electron chi connectivity index (χ1n) is 10.9. The summed E-state index contributed by atoms with van der Waals surface area (Å²) >= 11 is 0. The largest absolute Gasteiger partial charge is 0.377 e. The van der Waals surface area contributed by atoms with Crippen LogP contribution in [0.15, 0.2) is 0 Å². The lowest BCUT2D eigenvalue weighted by Gasteiger charge is -2.40. The zero-order valence-corrected chi connectivity index (χ0v) is 18.1. The Hall–Kier alpha value is -1.58. The van der Waals surface area contributed by atoms with Crippen molar-refractivity contribution in [3.05, 3.63) is 0 Å². The normalized spacial score (nSPS) is 18.1. The average Bonchev–Trinajstić information content (AvgIpc) is 2.73. The molecule has 0 aromatic heterocycles. The zero-order chi connectivity index (χ0) is 21.0. The molecule has 1 saturated carbocycles. The van der Waals surface area contributed by atoms with Gasteiger partial charge >= 0.3 is 0 Å². The Morgan fingerprint density at radius 1 is 1.11 bits per heavy atom. The first-order chi connectivity index (χ1) is 13.4. The molecular weight excluding hydrogens is 354 g/mol. The van der Waals surface area contributed by atoms with Gasteiger partial charge in [0.25, 0.3) is 5.91 Å². The third kappa shape index (κ3) is 7.44.